The highest BCUT2D eigenvalue weighted by Gasteiger charge is 2.30. The van der Waals surface area contributed by atoms with Gasteiger partial charge in [0.2, 0.25) is 0 Å². The molecule has 0 aromatic heterocycles. The van der Waals surface area contributed by atoms with Crippen molar-refractivity contribution < 1.29 is 23.7 Å². The molecular weight excluding hydrogens is 536 g/mol. The van der Waals surface area contributed by atoms with Crippen molar-refractivity contribution in [3.63, 3.8) is 0 Å². The molecule has 0 N–H and O–H groups in total. The number of hydrogen-bond donors (Lipinski definition) is 0. The Balaban J connectivity index is 0.00000142. The van der Waals surface area contributed by atoms with Crippen LogP contribution in [0.25, 0.3) is 0 Å². The second-order valence-corrected chi connectivity index (χ2v) is 12.0. The molecular formula is C38H64O5. The van der Waals surface area contributed by atoms with Crippen LogP contribution in [-0.2, 0) is 23.7 Å². The topological polar surface area (TPSA) is 54.0 Å². The van der Waals surface area contributed by atoms with Gasteiger partial charge in [0.1, 0.15) is 5.78 Å². The smallest absolute Gasteiger partial charge is 0.158 e. The molecule has 246 valence electrons. The van der Waals surface area contributed by atoms with Crippen LogP contribution in [0.3, 0.4) is 0 Å². The molecule has 1 aromatic carbocycles. The molecule has 0 aliphatic carbocycles. The van der Waals surface area contributed by atoms with Gasteiger partial charge >= 0.3 is 0 Å². The fourth-order valence-corrected chi connectivity index (χ4v) is 5.53. The normalized spacial score (nSPS) is 20.6. The minimum Gasteiger partial charge on any atom is -0.353 e. The zero-order valence-corrected chi connectivity index (χ0v) is 28.5. The Bertz CT molecular complexity index is 850. The largest absolute Gasteiger partial charge is 0.353 e. The van der Waals surface area contributed by atoms with Crippen LogP contribution in [0.1, 0.15) is 150 Å². The minimum absolute atomic E-state index is 0.0264. The molecule has 4 atom stereocenters. The van der Waals surface area contributed by atoms with E-state index < -0.39 is 0 Å². The highest BCUT2D eigenvalue weighted by molar-refractivity contribution is 5.78. The third-order valence-corrected chi connectivity index (χ3v) is 7.77. The first-order chi connectivity index (χ1) is 20.8. The summed E-state index contributed by atoms with van der Waals surface area (Å²) in [6, 6.07) is 10.4. The third kappa shape index (κ3) is 18.6. The molecule has 4 unspecified atom stereocenters. The van der Waals surface area contributed by atoms with E-state index in [9.17, 15) is 4.79 Å². The molecule has 0 bridgehead atoms. The molecule has 2 fully saturated rings. The molecule has 2 heterocycles. The maximum Gasteiger partial charge on any atom is 0.158 e. The molecule has 0 spiro atoms. The molecule has 0 saturated carbocycles. The maximum atomic E-state index is 12.6. The van der Waals surface area contributed by atoms with Crippen LogP contribution in [0, 0.1) is 0 Å². The van der Waals surface area contributed by atoms with Gasteiger partial charge in [-0.25, -0.2) is 0 Å². The van der Waals surface area contributed by atoms with E-state index in [1.165, 1.54) is 5.56 Å². The van der Waals surface area contributed by atoms with Crippen molar-refractivity contribution in [3.05, 3.63) is 60.2 Å². The van der Waals surface area contributed by atoms with E-state index >= 15 is 0 Å². The van der Waals surface area contributed by atoms with Crippen molar-refractivity contribution >= 4 is 5.78 Å². The Hall–Kier alpha value is -1.79. The van der Waals surface area contributed by atoms with E-state index in [1.807, 2.05) is 45.9 Å². The van der Waals surface area contributed by atoms with Gasteiger partial charge in [0.25, 0.3) is 0 Å². The number of ketones is 1. The van der Waals surface area contributed by atoms with Gasteiger partial charge in [-0.05, 0) is 104 Å². The first-order valence-electron chi connectivity index (χ1n) is 17.2. The number of carbonyl (C=O) groups is 1. The fraction of sp³-hybridized carbons (Fsp3) is 0.711. The van der Waals surface area contributed by atoms with Crippen molar-refractivity contribution in [2.75, 3.05) is 13.2 Å². The highest BCUT2D eigenvalue weighted by atomic mass is 16.7. The number of Topliss-reactive ketones (excluding diaryl/α,β-unsaturated/α-hetero) is 1. The standard InChI is InChI=1S/C32H50O5.C4H8.C2H6/c1-26(2)25-32(3,37-31-21-11-14-24-35-31)22-12-9-18-28(33)17-7-8-19-29(27-15-5-4-6-16-27)36-30-20-10-13-23-34-30;1-3-4-2;1-2/h4-6,15-16,29-31H,1,7-14,17-25H2,2-3H3;3-4H,1-2H3;1-2H3/b;4-3-;. The molecule has 3 rings (SSSR count). The number of hydrogen-bond acceptors (Lipinski definition) is 5. The van der Waals surface area contributed by atoms with Crippen LogP contribution >= 0.6 is 0 Å². The van der Waals surface area contributed by atoms with Gasteiger partial charge < -0.3 is 18.9 Å². The predicted octanol–water partition coefficient (Wildman–Crippen LogP) is 10.8. The number of carbonyl (C=O) groups excluding carboxylic acids is 1. The summed E-state index contributed by atoms with van der Waals surface area (Å²) in [5.41, 5.74) is 2.05. The van der Waals surface area contributed by atoms with Crippen LogP contribution in [0.4, 0.5) is 0 Å². The zero-order valence-electron chi connectivity index (χ0n) is 28.5. The van der Waals surface area contributed by atoms with Crippen molar-refractivity contribution in [1.82, 2.24) is 0 Å². The van der Waals surface area contributed by atoms with Crippen LogP contribution in [-0.4, -0.2) is 37.2 Å². The average Bonchev–Trinajstić information content (AvgIpc) is 3.03. The molecule has 5 heteroatoms. The molecule has 1 aromatic rings. The van der Waals surface area contributed by atoms with Gasteiger partial charge in [-0.1, -0.05) is 74.7 Å². The SMILES string of the molecule is C/C=C\C.C=C(C)CC(C)(CCCCC(=O)CCCCC(OC1CCCCO1)c1ccccc1)OC1CCCCO1.CC. The minimum atomic E-state index is -0.272. The van der Waals surface area contributed by atoms with E-state index in [4.69, 9.17) is 18.9 Å². The van der Waals surface area contributed by atoms with Gasteiger partial charge in [-0.2, -0.15) is 0 Å². The van der Waals surface area contributed by atoms with Crippen LogP contribution < -0.4 is 0 Å². The molecule has 0 amide bonds. The van der Waals surface area contributed by atoms with E-state index in [1.54, 1.807) is 0 Å². The van der Waals surface area contributed by atoms with Crippen LogP contribution in [0.15, 0.2) is 54.6 Å². The maximum absolute atomic E-state index is 12.6. The predicted molar refractivity (Wildman–Crippen MR) is 180 cm³/mol. The Morgan fingerprint density at radius 2 is 1.51 bits per heavy atom. The lowest BCUT2D eigenvalue weighted by Crippen LogP contribution is -2.37. The summed E-state index contributed by atoms with van der Waals surface area (Å²) in [6.07, 6.45) is 18.0. The van der Waals surface area contributed by atoms with Gasteiger partial charge in [-0.3, -0.25) is 4.79 Å². The number of allylic oxidation sites excluding steroid dienone is 2. The lowest BCUT2D eigenvalue weighted by Gasteiger charge is -2.36. The Labute approximate surface area is 264 Å². The van der Waals surface area contributed by atoms with Gasteiger partial charge in [0.15, 0.2) is 12.6 Å². The summed E-state index contributed by atoms with van der Waals surface area (Å²) in [6.45, 7) is 17.9. The molecule has 0 radical (unpaired) electrons. The molecule has 5 nitrogen and oxygen atoms in total. The molecule has 2 aliphatic heterocycles. The second-order valence-electron chi connectivity index (χ2n) is 12.0. The molecule has 2 aliphatic rings. The molecule has 43 heavy (non-hydrogen) atoms. The molecule has 2 saturated heterocycles. The lowest BCUT2D eigenvalue weighted by molar-refractivity contribution is -0.222. The Kier molecular flexibility index (Phi) is 22.4. The number of unbranched alkanes of at least 4 members (excludes halogenated alkanes) is 2. The quantitative estimate of drug-likeness (QED) is 0.131. The second kappa shape index (κ2) is 24.5. The number of benzene rings is 1. The van der Waals surface area contributed by atoms with Crippen molar-refractivity contribution in [3.8, 4) is 0 Å². The fourth-order valence-electron chi connectivity index (χ4n) is 5.53. The van der Waals surface area contributed by atoms with Crippen LogP contribution in [0.2, 0.25) is 0 Å². The average molecular weight is 601 g/mol. The van der Waals surface area contributed by atoms with Crippen molar-refractivity contribution in [2.24, 2.45) is 0 Å². The van der Waals surface area contributed by atoms with E-state index in [-0.39, 0.29) is 24.3 Å². The summed E-state index contributed by atoms with van der Waals surface area (Å²) < 4.78 is 24.4. The summed E-state index contributed by atoms with van der Waals surface area (Å²) >= 11 is 0. The Morgan fingerprint density at radius 3 is 2.05 bits per heavy atom. The first kappa shape index (κ1) is 39.2. The van der Waals surface area contributed by atoms with Gasteiger partial charge in [-0.15, -0.1) is 6.58 Å². The van der Waals surface area contributed by atoms with Gasteiger partial charge in [0.05, 0.1) is 11.7 Å². The first-order valence-corrected chi connectivity index (χ1v) is 17.2. The summed E-state index contributed by atoms with van der Waals surface area (Å²) in [5.74, 6) is 0.367. The monoisotopic (exact) mass is 600 g/mol. The number of ether oxygens (including phenoxy) is 4. The van der Waals surface area contributed by atoms with Crippen molar-refractivity contribution in [2.45, 2.75) is 162 Å². The number of rotatable bonds is 17. The van der Waals surface area contributed by atoms with E-state index in [0.717, 1.165) is 102 Å². The van der Waals surface area contributed by atoms with Gasteiger partial charge in [0, 0.05) is 26.1 Å². The zero-order chi connectivity index (χ0) is 31.8. The van der Waals surface area contributed by atoms with E-state index in [0.29, 0.717) is 18.6 Å². The lowest BCUT2D eigenvalue weighted by atomic mass is 9.90. The third-order valence-electron chi connectivity index (χ3n) is 7.77. The summed E-state index contributed by atoms with van der Waals surface area (Å²) in [7, 11) is 0. The highest BCUT2D eigenvalue weighted by Crippen LogP contribution is 2.31. The summed E-state index contributed by atoms with van der Waals surface area (Å²) in [4.78, 5) is 12.6. The van der Waals surface area contributed by atoms with Crippen molar-refractivity contribution in [1.29, 1.82) is 0 Å². The van der Waals surface area contributed by atoms with E-state index in [2.05, 4.69) is 44.7 Å². The summed E-state index contributed by atoms with van der Waals surface area (Å²) in [5, 5.41) is 0. The van der Waals surface area contributed by atoms with Crippen LogP contribution in [0.5, 0.6) is 0 Å². The Morgan fingerprint density at radius 1 is 0.930 bits per heavy atom.